The Morgan fingerprint density at radius 1 is 1.00 bits per heavy atom. The average Bonchev–Trinajstić information content (AvgIpc) is 2.43. The van der Waals surface area contributed by atoms with Gasteiger partial charge in [0.05, 0.1) is 0 Å². The summed E-state index contributed by atoms with van der Waals surface area (Å²) < 4.78 is 0. The van der Waals surface area contributed by atoms with Gasteiger partial charge in [-0.1, -0.05) is 12.1 Å². The van der Waals surface area contributed by atoms with Crippen LogP contribution in [0.1, 0.15) is 23.0 Å². The number of carbonyl (C=O) groups is 2. The quantitative estimate of drug-likeness (QED) is 0.899. The fourth-order valence-corrected chi connectivity index (χ4v) is 1.78. The van der Waals surface area contributed by atoms with Crippen molar-refractivity contribution >= 4 is 23.2 Å². The number of nitrogens with one attached hydrogen (secondary N) is 2. The fraction of sp³-hybridized carbons (Fsp3) is 0.133. The molecule has 0 aliphatic rings. The molecule has 0 radical (unpaired) electrons. The van der Waals surface area contributed by atoms with Crippen molar-refractivity contribution in [2.75, 3.05) is 10.6 Å². The molecular formula is C15H15N3O2. The summed E-state index contributed by atoms with van der Waals surface area (Å²) in [7, 11) is 0. The largest absolute Gasteiger partial charge is 0.326 e. The van der Waals surface area contributed by atoms with Crippen molar-refractivity contribution in [1.82, 2.24) is 4.98 Å². The highest BCUT2D eigenvalue weighted by Gasteiger charge is 2.10. The number of amides is 2. The molecule has 2 amide bonds. The van der Waals surface area contributed by atoms with E-state index in [1.54, 1.807) is 42.6 Å². The molecule has 5 heteroatoms. The van der Waals surface area contributed by atoms with Gasteiger partial charge in [0.25, 0.3) is 5.91 Å². The number of pyridine rings is 1. The zero-order chi connectivity index (χ0) is 14.5. The molecule has 0 aliphatic carbocycles. The zero-order valence-corrected chi connectivity index (χ0v) is 11.3. The van der Waals surface area contributed by atoms with Gasteiger partial charge in [-0.3, -0.25) is 14.6 Å². The van der Waals surface area contributed by atoms with Gasteiger partial charge in [-0.15, -0.1) is 0 Å². The Bertz CT molecular complexity index is 639. The lowest BCUT2D eigenvalue weighted by Crippen LogP contribution is -2.15. The third-order valence-corrected chi connectivity index (χ3v) is 2.79. The first-order valence-electron chi connectivity index (χ1n) is 6.17. The molecule has 2 aromatic rings. The molecule has 5 nitrogen and oxygen atoms in total. The molecule has 0 fully saturated rings. The van der Waals surface area contributed by atoms with E-state index in [-0.39, 0.29) is 11.8 Å². The number of nitrogens with zero attached hydrogens (tertiary/aromatic N) is 1. The minimum atomic E-state index is -0.284. The Morgan fingerprint density at radius 3 is 2.30 bits per heavy atom. The number of hydrogen-bond acceptors (Lipinski definition) is 3. The molecular weight excluding hydrogens is 254 g/mol. The van der Waals surface area contributed by atoms with Crippen LogP contribution >= 0.6 is 0 Å². The van der Waals surface area contributed by atoms with Crippen molar-refractivity contribution in [3.8, 4) is 0 Å². The average molecular weight is 269 g/mol. The standard InChI is InChI=1S/C15H15N3O2/c1-10-12(17-11(2)19)7-5-8-13(10)18-15(20)14-6-3-4-9-16-14/h3-9H,1-2H3,(H,17,19)(H,18,20). The van der Waals surface area contributed by atoms with Gasteiger partial charge in [0.2, 0.25) is 5.91 Å². The lowest BCUT2D eigenvalue weighted by atomic mass is 10.1. The van der Waals surface area contributed by atoms with Gasteiger partial charge in [-0.05, 0) is 36.8 Å². The molecule has 0 unspecified atom stereocenters. The van der Waals surface area contributed by atoms with E-state index >= 15 is 0 Å². The molecule has 0 aliphatic heterocycles. The minimum absolute atomic E-state index is 0.152. The molecule has 1 aromatic heterocycles. The summed E-state index contributed by atoms with van der Waals surface area (Å²) in [6.45, 7) is 3.28. The third kappa shape index (κ3) is 3.20. The van der Waals surface area contributed by atoms with Gasteiger partial charge in [0.15, 0.2) is 0 Å². The van der Waals surface area contributed by atoms with Crippen molar-refractivity contribution in [1.29, 1.82) is 0 Å². The van der Waals surface area contributed by atoms with E-state index in [1.165, 1.54) is 6.92 Å². The van der Waals surface area contributed by atoms with Crippen molar-refractivity contribution in [2.24, 2.45) is 0 Å². The van der Waals surface area contributed by atoms with Crippen molar-refractivity contribution in [2.45, 2.75) is 13.8 Å². The molecule has 0 spiro atoms. The van der Waals surface area contributed by atoms with Crippen molar-refractivity contribution < 1.29 is 9.59 Å². The molecule has 20 heavy (non-hydrogen) atoms. The van der Waals surface area contributed by atoms with Crippen LogP contribution in [-0.4, -0.2) is 16.8 Å². The Labute approximate surface area is 117 Å². The summed E-state index contributed by atoms with van der Waals surface area (Å²) in [6.07, 6.45) is 1.56. The maximum Gasteiger partial charge on any atom is 0.274 e. The molecule has 0 atom stereocenters. The summed E-state index contributed by atoms with van der Waals surface area (Å²) in [5.74, 6) is -0.435. The second kappa shape index (κ2) is 5.97. The lowest BCUT2D eigenvalue weighted by molar-refractivity contribution is -0.114. The van der Waals surface area contributed by atoms with Crippen molar-refractivity contribution in [3.05, 3.63) is 53.9 Å². The number of aromatic nitrogens is 1. The summed E-state index contributed by atoms with van der Waals surface area (Å²) >= 11 is 0. The topological polar surface area (TPSA) is 71.1 Å². The summed E-state index contributed by atoms with van der Waals surface area (Å²) in [4.78, 5) is 27.1. The molecule has 2 rings (SSSR count). The first-order chi connectivity index (χ1) is 9.58. The molecule has 2 N–H and O–H groups in total. The van der Waals surface area contributed by atoms with Gasteiger partial charge in [-0.2, -0.15) is 0 Å². The Morgan fingerprint density at radius 2 is 1.70 bits per heavy atom. The van der Waals surface area contributed by atoms with E-state index in [1.807, 2.05) is 6.92 Å². The third-order valence-electron chi connectivity index (χ3n) is 2.79. The number of hydrogen-bond donors (Lipinski definition) is 2. The highest BCUT2D eigenvalue weighted by molar-refractivity contribution is 6.04. The van der Waals surface area contributed by atoms with Crippen LogP contribution in [-0.2, 0) is 4.79 Å². The van der Waals surface area contributed by atoms with Crippen LogP contribution < -0.4 is 10.6 Å². The monoisotopic (exact) mass is 269 g/mol. The normalized spacial score (nSPS) is 9.90. The van der Waals surface area contributed by atoms with Gasteiger partial charge < -0.3 is 10.6 Å². The van der Waals surface area contributed by atoms with Gasteiger partial charge >= 0.3 is 0 Å². The minimum Gasteiger partial charge on any atom is -0.326 e. The maximum absolute atomic E-state index is 12.0. The molecule has 0 saturated carbocycles. The summed E-state index contributed by atoms with van der Waals surface area (Å²) in [6, 6.07) is 10.5. The van der Waals surface area contributed by atoms with E-state index in [0.29, 0.717) is 17.1 Å². The molecule has 0 saturated heterocycles. The zero-order valence-electron chi connectivity index (χ0n) is 11.3. The van der Waals surface area contributed by atoms with Crippen LogP contribution in [0.5, 0.6) is 0 Å². The number of rotatable bonds is 3. The number of carbonyl (C=O) groups excluding carboxylic acids is 2. The fourth-order valence-electron chi connectivity index (χ4n) is 1.78. The van der Waals surface area contributed by atoms with Crippen LogP contribution in [0.4, 0.5) is 11.4 Å². The Kier molecular flexibility index (Phi) is 4.10. The van der Waals surface area contributed by atoms with Crippen LogP contribution in [0.25, 0.3) is 0 Å². The highest BCUT2D eigenvalue weighted by Crippen LogP contribution is 2.23. The second-order valence-corrected chi connectivity index (χ2v) is 4.33. The number of anilines is 2. The second-order valence-electron chi connectivity index (χ2n) is 4.33. The van der Waals surface area contributed by atoms with Gasteiger partial charge in [0, 0.05) is 24.5 Å². The van der Waals surface area contributed by atoms with Crippen LogP contribution in [0.15, 0.2) is 42.6 Å². The molecule has 0 bridgehead atoms. The van der Waals surface area contributed by atoms with Gasteiger partial charge in [0.1, 0.15) is 5.69 Å². The molecule has 1 heterocycles. The molecule has 1 aromatic carbocycles. The summed E-state index contributed by atoms with van der Waals surface area (Å²) in [5.41, 5.74) is 2.46. The highest BCUT2D eigenvalue weighted by atomic mass is 16.2. The van der Waals surface area contributed by atoms with Crippen LogP contribution in [0, 0.1) is 6.92 Å². The first kappa shape index (κ1) is 13.7. The van der Waals surface area contributed by atoms with Crippen LogP contribution in [0.2, 0.25) is 0 Å². The number of benzene rings is 1. The smallest absolute Gasteiger partial charge is 0.274 e. The van der Waals surface area contributed by atoms with E-state index in [4.69, 9.17) is 0 Å². The first-order valence-corrected chi connectivity index (χ1v) is 6.17. The summed E-state index contributed by atoms with van der Waals surface area (Å²) in [5, 5.41) is 5.51. The Hall–Kier alpha value is -2.69. The van der Waals surface area contributed by atoms with Crippen LogP contribution in [0.3, 0.4) is 0 Å². The lowest BCUT2D eigenvalue weighted by Gasteiger charge is -2.12. The van der Waals surface area contributed by atoms with E-state index in [2.05, 4.69) is 15.6 Å². The maximum atomic E-state index is 12.0. The van der Waals surface area contributed by atoms with Gasteiger partial charge in [-0.25, -0.2) is 0 Å². The SMILES string of the molecule is CC(=O)Nc1cccc(NC(=O)c2ccccn2)c1C. The predicted octanol–water partition coefficient (Wildman–Crippen LogP) is 2.60. The van der Waals surface area contributed by atoms with Crippen molar-refractivity contribution in [3.63, 3.8) is 0 Å². The molecule has 102 valence electrons. The predicted molar refractivity (Wildman–Crippen MR) is 77.7 cm³/mol. The van der Waals surface area contributed by atoms with E-state index in [9.17, 15) is 9.59 Å². The Balaban J connectivity index is 2.22. The van der Waals surface area contributed by atoms with E-state index in [0.717, 1.165) is 5.56 Å². The van der Waals surface area contributed by atoms with E-state index < -0.39 is 0 Å².